The molecule has 114 valence electrons. The van der Waals surface area contributed by atoms with Gasteiger partial charge in [0.05, 0.1) is 10.8 Å². The zero-order valence-corrected chi connectivity index (χ0v) is 12.7. The lowest BCUT2D eigenvalue weighted by Crippen LogP contribution is -2.46. The van der Waals surface area contributed by atoms with Crippen molar-refractivity contribution >= 4 is 29.1 Å². The molecule has 2 amide bonds. The molecule has 2 heterocycles. The molecule has 0 radical (unpaired) electrons. The molecule has 1 unspecified atom stereocenters. The number of hydrogen-bond donors (Lipinski definition) is 2. The van der Waals surface area contributed by atoms with Gasteiger partial charge in [-0.25, -0.2) is 0 Å². The van der Waals surface area contributed by atoms with Gasteiger partial charge in [0.1, 0.15) is 6.04 Å². The minimum atomic E-state index is -0.881. The molecule has 1 aromatic heterocycles. The Morgan fingerprint density at radius 1 is 1.43 bits per heavy atom. The molecule has 0 spiro atoms. The summed E-state index contributed by atoms with van der Waals surface area (Å²) in [6.07, 6.45) is 0. The van der Waals surface area contributed by atoms with Gasteiger partial charge in [-0.2, -0.15) is 0 Å². The maximum Gasteiger partial charge on any atom is 0.308 e. The third-order valence-electron chi connectivity index (χ3n) is 3.70. The van der Waals surface area contributed by atoms with Crippen LogP contribution in [0, 0.1) is 11.8 Å². The number of nitrogens with zero attached hydrogens (tertiary/aromatic N) is 1. The van der Waals surface area contributed by atoms with Crippen LogP contribution in [0.2, 0.25) is 0 Å². The van der Waals surface area contributed by atoms with Crippen LogP contribution < -0.4 is 5.32 Å². The van der Waals surface area contributed by atoms with E-state index in [1.165, 1.54) is 16.2 Å². The molecule has 0 aromatic carbocycles. The quantitative estimate of drug-likeness (QED) is 0.870. The van der Waals surface area contributed by atoms with E-state index in [-0.39, 0.29) is 24.3 Å². The number of carboxylic acid groups (broad SMARTS) is 1. The summed E-state index contributed by atoms with van der Waals surface area (Å²) in [6, 6.07) is 2.79. The Hall–Kier alpha value is -1.89. The third kappa shape index (κ3) is 3.41. The van der Waals surface area contributed by atoms with E-state index in [1.54, 1.807) is 24.4 Å². The lowest BCUT2D eigenvalue weighted by atomic mass is 9.99. The summed E-state index contributed by atoms with van der Waals surface area (Å²) < 4.78 is 0. The Morgan fingerprint density at radius 2 is 2.14 bits per heavy atom. The first-order chi connectivity index (χ1) is 9.90. The summed E-state index contributed by atoms with van der Waals surface area (Å²) in [4.78, 5) is 37.3. The Kier molecular flexibility index (Phi) is 4.62. The molecule has 1 aliphatic heterocycles. The maximum absolute atomic E-state index is 12.3. The molecule has 6 nitrogen and oxygen atoms in total. The lowest BCUT2D eigenvalue weighted by molar-refractivity contribution is -0.142. The smallest absolute Gasteiger partial charge is 0.308 e. The Labute approximate surface area is 126 Å². The molecular weight excluding hydrogens is 292 g/mol. The number of carbonyl (C=O) groups excluding carboxylic acids is 2. The van der Waals surface area contributed by atoms with E-state index in [4.69, 9.17) is 5.11 Å². The third-order valence-corrected chi connectivity index (χ3v) is 4.57. The summed E-state index contributed by atoms with van der Waals surface area (Å²) in [7, 11) is 0. The van der Waals surface area contributed by atoms with Gasteiger partial charge in [0.25, 0.3) is 5.91 Å². The molecule has 2 N–H and O–H groups in total. The number of amides is 2. The minimum absolute atomic E-state index is 0.0772. The number of hydrogen-bond acceptors (Lipinski definition) is 4. The van der Waals surface area contributed by atoms with Crippen LogP contribution >= 0.6 is 11.3 Å². The monoisotopic (exact) mass is 310 g/mol. The van der Waals surface area contributed by atoms with Crippen LogP contribution in [0.15, 0.2) is 17.5 Å². The second kappa shape index (κ2) is 6.26. The molecule has 0 bridgehead atoms. The van der Waals surface area contributed by atoms with Gasteiger partial charge in [0.15, 0.2) is 0 Å². The van der Waals surface area contributed by atoms with Crippen LogP contribution in [0.4, 0.5) is 0 Å². The maximum atomic E-state index is 12.3. The average Bonchev–Trinajstić information content (AvgIpc) is 3.06. The highest BCUT2D eigenvalue weighted by Crippen LogP contribution is 2.23. The van der Waals surface area contributed by atoms with Crippen LogP contribution in [0.1, 0.15) is 23.5 Å². The Bertz CT molecular complexity index is 543. The molecular formula is C14H18N2O4S. The van der Waals surface area contributed by atoms with E-state index in [1.807, 2.05) is 6.92 Å². The SMILES string of the molecule is CC(NC(=O)c1cccs1)C(=O)N1C[C@@H](C)[C@H](C(=O)O)C1. The van der Waals surface area contributed by atoms with E-state index in [9.17, 15) is 14.4 Å². The van der Waals surface area contributed by atoms with E-state index in [0.717, 1.165) is 0 Å². The normalized spacial score (nSPS) is 22.9. The van der Waals surface area contributed by atoms with Gasteiger partial charge in [0, 0.05) is 13.1 Å². The number of aliphatic carboxylic acids is 1. The van der Waals surface area contributed by atoms with Gasteiger partial charge in [-0.05, 0) is 24.3 Å². The lowest BCUT2D eigenvalue weighted by Gasteiger charge is -2.21. The summed E-state index contributed by atoms with van der Waals surface area (Å²) in [5.74, 6) is -2.02. The van der Waals surface area contributed by atoms with Gasteiger partial charge in [-0.15, -0.1) is 11.3 Å². The van der Waals surface area contributed by atoms with Gasteiger partial charge < -0.3 is 15.3 Å². The first-order valence-electron chi connectivity index (χ1n) is 6.76. The molecule has 1 aromatic rings. The fourth-order valence-corrected chi connectivity index (χ4v) is 3.11. The fraction of sp³-hybridized carbons (Fsp3) is 0.500. The highest BCUT2D eigenvalue weighted by Gasteiger charge is 2.38. The Morgan fingerprint density at radius 3 is 2.67 bits per heavy atom. The molecule has 1 fully saturated rings. The number of nitrogens with one attached hydrogen (secondary N) is 1. The highest BCUT2D eigenvalue weighted by atomic mass is 32.1. The van der Waals surface area contributed by atoms with Crippen LogP contribution in [-0.4, -0.2) is 46.9 Å². The van der Waals surface area contributed by atoms with E-state index in [2.05, 4.69) is 5.32 Å². The van der Waals surface area contributed by atoms with Crippen molar-refractivity contribution in [3.63, 3.8) is 0 Å². The van der Waals surface area contributed by atoms with E-state index < -0.39 is 17.9 Å². The average molecular weight is 310 g/mol. The second-order valence-electron chi connectivity index (χ2n) is 5.34. The molecule has 0 aliphatic carbocycles. The Balaban J connectivity index is 1.94. The molecule has 1 saturated heterocycles. The zero-order chi connectivity index (χ0) is 15.6. The van der Waals surface area contributed by atoms with Crippen molar-refractivity contribution in [1.29, 1.82) is 0 Å². The predicted octanol–water partition coefficient (Wildman–Crippen LogP) is 1.05. The molecule has 7 heteroatoms. The fourth-order valence-electron chi connectivity index (χ4n) is 2.48. The van der Waals surface area contributed by atoms with Crippen molar-refractivity contribution < 1.29 is 19.5 Å². The number of thiophene rings is 1. The largest absolute Gasteiger partial charge is 0.481 e. The highest BCUT2D eigenvalue weighted by molar-refractivity contribution is 7.12. The molecule has 3 atom stereocenters. The summed E-state index contributed by atoms with van der Waals surface area (Å²) >= 11 is 1.31. The van der Waals surface area contributed by atoms with Crippen molar-refractivity contribution in [3.05, 3.63) is 22.4 Å². The minimum Gasteiger partial charge on any atom is -0.481 e. The van der Waals surface area contributed by atoms with Gasteiger partial charge in [-0.1, -0.05) is 13.0 Å². The molecule has 1 aliphatic rings. The summed E-state index contributed by atoms with van der Waals surface area (Å²) in [6.45, 7) is 4.05. The van der Waals surface area contributed by atoms with Gasteiger partial charge in [-0.3, -0.25) is 14.4 Å². The van der Waals surface area contributed by atoms with Crippen LogP contribution in [0.25, 0.3) is 0 Å². The van der Waals surface area contributed by atoms with Crippen LogP contribution in [0.5, 0.6) is 0 Å². The first kappa shape index (κ1) is 15.5. The topological polar surface area (TPSA) is 86.7 Å². The van der Waals surface area contributed by atoms with Crippen molar-refractivity contribution in [2.75, 3.05) is 13.1 Å². The molecule has 21 heavy (non-hydrogen) atoms. The van der Waals surface area contributed by atoms with E-state index >= 15 is 0 Å². The first-order valence-corrected chi connectivity index (χ1v) is 7.64. The number of carbonyl (C=O) groups is 3. The molecule has 2 rings (SSSR count). The summed E-state index contributed by atoms with van der Waals surface area (Å²) in [5, 5.41) is 13.5. The van der Waals surface area contributed by atoms with Crippen molar-refractivity contribution in [3.8, 4) is 0 Å². The van der Waals surface area contributed by atoms with Gasteiger partial charge >= 0.3 is 5.97 Å². The van der Waals surface area contributed by atoms with E-state index in [0.29, 0.717) is 11.4 Å². The number of likely N-dealkylation sites (tertiary alicyclic amines) is 1. The van der Waals surface area contributed by atoms with Crippen molar-refractivity contribution in [1.82, 2.24) is 10.2 Å². The van der Waals surface area contributed by atoms with Crippen LogP contribution in [0.3, 0.4) is 0 Å². The van der Waals surface area contributed by atoms with Crippen molar-refractivity contribution in [2.45, 2.75) is 19.9 Å². The second-order valence-corrected chi connectivity index (χ2v) is 6.29. The summed E-state index contributed by atoms with van der Waals surface area (Å²) in [5.41, 5.74) is 0. The standard InChI is InChI=1S/C14H18N2O4S/c1-8-6-16(7-10(8)14(19)20)13(18)9(2)15-12(17)11-4-3-5-21-11/h3-5,8-10H,6-7H2,1-2H3,(H,15,17)(H,19,20)/t8-,9?,10-/m1/s1. The zero-order valence-electron chi connectivity index (χ0n) is 11.9. The number of carboxylic acids is 1. The predicted molar refractivity (Wildman–Crippen MR) is 78.1 cm³/mol. The van der Waals surface area contributed by atoms with Crippen molar-refractivity contribution in [2.24, 2.45) is 11.8 Å². The van der Waals surface area contributed by atoms with Crippen LogP contribution in [-0.2, 0) is 9.59 Å². The number of rotatable bonds is 4. The molecule has 0 saturated carbocycles. The van der Waals surface area contributed by atoms with Gasteiger partial charge in [0.2, 0.25) is 5.91 Å².